The van der Waals surface area contributed by atoms with Crippen LogP contribution in [0.15, 0.2) is 0 Å². The second kappa shape index (κ2) is 16.3. The smallest absolute Gasteiger partial charge is 1.00 e. The van der Waals surface area contributed by atoms with Crippen molar-refractivity contribution < 1.29 is 46.5 Å². The number of nitrogens with two attached hydrogens (primary N) is 1. The predicted octanol–water partition coefficient (Wildman–Crippen LogP) is -2.21. The third-order valence-electron chi connectivity index (χ3n) is 3.00. The van der Waals surface area contributed by atoms with Crippen LogP contribution in [0.3, 0.4) is 0 Å². The summed E-state index contributed by atoms with van der Waals surface area (Å²) < 4.78 is 0. The third-order valence-corrected chi connectivity index (χ3v) is 3.00. The largest absolute Gasteiger partial charge is 3.00 e. The maximum absolute atomic E-state index is 5.93. The molecule has 4 heteroatoms. The molecular weight excluding hydrogens is 277 g/mol. The number of rotatable bonds is 0. The van der Waals surface area contributed by atoms with Crippen molar-refractivity contribution in [2.75, 3.05) is 0 Å². The van der Waals surface area contributed by atoms with Gasteiger partial charge in [0.05, 0.1) is 0 Å². The van der Waals surface area contributed by atoms with Crippen LogP contribution in [0.4, 0.5) is 0 Å². The van der Waals surface area contributed by atoms with E-state index >= 15 is 0 Å². The minimum Gasteiger partial charge on any atom is -1.00 e. The molecule has 0 aromatic carbocycles. The van der Waals surface area contributed by atoms with Gasteiger partial charge < -0.3 is 30.5 Å². The van der Waals surface area contributed by atoms with Gasteiger partial charge in [-0.15, -0.1) is 0 Å². The molecule has 0 amide bonds. The average Bonchev–Trinajstić information content (AvgIpc) is 2.11. The molecule has 0 atom stereocenters. The van der Waals surface area contributed by atoms with Gasteiger partial charge in [0.25, 0.3) is 0 Å². The molecule has 1 rings (SSSR count). The zero-order chi connectivity index (χ0) is 9.36. The Morgan fingerprint density at radius 3 is 1.12 bits per heavy atom. The second-order valence-corrected chi connectivity index (χ2v) is 4.34. The van der Waals surface area contributed by atoms with E-state index in [2.05, 4.69) is 0 Å². The molecule has 16 heavy (non-hydrogen) atoms. The van der Waals surface area contributed by atoms with E-state index in [0.717, 1.165) is 0 Å². The Hall–Kier alpha value is 1.25. The van der Waals surface area contributed by atoms with Crippen LogP contribution in [0.1, 0.15) is 70.6 Å². The maximum Gasteiger partial charge on any atom is 3.00 e. The monoisotopic (exact) mass is 300 g/mol. The van der Waals surface area contributed by atoms with Gasteiger partial charge in [-0.05, 0) is 0 Å². The molecule has 95 valence electrons. The van der Waals surface area contributed by atoms with Crippen molar-refractivity contribution in [2.45, 2.75) is 70.6 Å². The quantitative estimate of drug-likeness (QED) is 0.398. The minimum absolute atomic E-state index is 0. The van der Waals surface area contributed by atoms with Crippen LogP contribution in [0.5, 0.6) is 0 Å². The van der Waals surface area contributed by atoms with Gasteiger partial charge in [0.15, 0.2) is 0 Å². The van der Waals surface area contributed by atoms with Gasteiger partial charge in [-0.3, -0.25) is 6.04 Å². The molecule has 1 radical (unpaired) electrons. The molecular formula is C12H24Cl2NTi. The fourth-order valence-corrected chi connectivity index (χ4v) is 2.07. The van der Waals surface area contributed by atoms with Gasteiger partial charge in [-0.25, -0.2) is 0 Å². The van der Waals surface area contributed by atoms with Gasteiger partial charge in [0, 0.05) is 0 Å². The molecule has 1 aliphatic carbocycles. The normalized spacial score (nSPS) is 20.1. The molecule has 1 aliphatic rings. The minimum atomic E-state index is 0. The fraction of sp³-hybridized carbons (Fsp3) is 0.917. The summed E-state index contributed by atoms with van der Waals surface area (Å²) in [5, 5.41) is 0. The molecule has 2 N–H and O–H groups in total. The molecule has 0 heterocycles. The second-order valence-electron chi connectivity index (χ2n) is 4.34. The molecule has 0 aromatic heterocycles. The molecule has 0 aliphatic heterocycles. The van der Waals surface area contributed by atoms with Crippen molar-refractivity contribution in [1.29, 1.82) is 0 Å². The first-order chi connectivity index (χ1) is 6.39. The van der Waals surface area contributed by atoms with Crippen LogP contribution in [0.2, 0.25) is 0 Å². The van der Waals surface area contributed by atoms with Crippen molar-refractivity contribution >= 4 is 0 Å². The Bertz CT molecular complexity index is 114. The van der Waals surface area contributed by atoms with Crippen LogP contribution < -0.4 is 30.5 Å². The Morgan fingerprint density at radius 2 is 0.812 bits per heavy atom. The summed E-state index contributed by atoms with van der Waals surface area (Å²) in [6, 6.07) is 1.25. The SMILES string of the molecule is N[C-]1CCCCCCCCCCC1.[Cl-].[Cl-].[Ti+3]. The molecule has 0 spiro atoms. The van der Waals surface area contributed by atoms with Crippen molar-refractivity contribution in [3.05, 3.63) is 6.04 Å². The number of halogens is 2. The zero-order valence-electron chi connectivity index (χ0n) is 10.1. The Kier molecular flexibility index (Phi) is 22.8. The van der Waals surface area contributed by atoms with Crippen molar-refractivity contribution in [3.8, 4) is 0 Å². The van der Waals surface area contributed by atoms with E-state index in [-0.39, 0.29) is 46.5 Å². The summed E-state index contributed by atoms with van der Waals surface area (Å²) in [5.41, 5.74) is 5.93. The van der Waals surface area contributed by atoms with Gasteiger partial charge in [0.2, 0.25) is 0 Å². The van der Waals surface area contributed by atoms with E-state index in [4.69, 9.17) is 5.73 Å². The first-order valence-corrected chi connectivity index (χ1v) is 6.00. The summed E-state index contributed by atoms with van der Waals surface area (Å²) in [7, 11) is 0. The molecule has 1 nitrogen and oxygen atoms in total. The van der Waals surface area contributed by atoms with Crippen LogP contribution in [0.25, 0.3) is 0 Å². The summed E-state index contributed by atoms with van der Waals surface area (Å²) in [6.45, 7) is 0. The van der Waals surface area contributed by atoms with E-state index in [0.29, 0.717) is 0 Å². The van der Waals surface area contributed by atoms with Crippen LogP contribution >= 0.6 is 0 Å². The molecule has 0 unspecified atom stereocenters. The molecule has 1 fully saturated rings. The van der Waals surface area contributed by atoms with Gasteiger partial charge in [0.1, 0.15) is 0 Å². The van der Waals surface area contributed by atoms with Crippen molar-refractivity contribution in [1.82, 2.24) is 0 Å². The van der Waals surface area contributed by atoms with E-state index in [1.165, 1.54) is 76.7 Å². The number of hydrogen-bond donors (Lipinski definition) is 1. The van der Waals surface area contributed by atoms with E-state index in [1.807, 2.05) is 0 Å². The van der Waals surface area contributed by atoms with E-state index in [9.17, 15) is 0 Å². The average molecular weight is 301 g/mol. The first-order valence-electron chi connectivity index (χ1n) is 6.00. The fourth-order valence-electron chi connectivity index (χ4n) is 2.07. The van der Waals surface area contributed by atoms with Crippen LogP contribution in [-0.4, -0.2) is 0 Å². The predicted molar refractivity (Wildman–Crippen MR) is 58.2 cm³/mol. The van der Waals surface area contributed by atoms with Crippen molar-refractivity contribution in [2.24, 2.45) is 5.73 Å². The van der Waals surface area contributed by atoms with E-state index < -0.39 is 0 Å². The first kappa shape index (κ1) is 22.4. The van der Waals surface area contributed by atoms with E-state index in [1.54, 1.807) is 0 Å². The Labute approximate surface area is 128 Å². The summed E-state index contributed by atoms with van der Waals surface area (Å²) in [6.07, 6.45) is 15.0. The topological polar surface area (TPSA) is 26.0 Å². The summed E-state index contributed by atoms with van der Waals surface area (Å²) >= 11 is 0. The zero-order valence-corrected chi connectivity index (χ0v) is 13.2. The molecule has 1 saturated carbocycles. The van der Waals surface area contributed by atoms with Gasteiger partial charge in [-0.1, -0.05) is 57.8 Å². The number of hydrogen-bond acceptors (Lipinski definition) is 1. The van der Waals surface area contributed by atoms with Gasteiger partial charge in [-0.2, -0.15) is 12.8 Å². The maximum atomic E-state index is 5.93. The molecule has 0 aromatic rings. The third kappa shape index (κ3) is 13.3. The van der Waals surface area contributed by atoms with Gasteiger partial charge >= 0.3 is 21.7 Å². The molecule has 0 saturated heterocycles. The van der Waals surface area contributed by atoms with Crippen LogP contribution in [-0.2, 0) is 21.7 Å². The Balaban J connectivity index is -0.000000563. The Morgan fingerprint density at radius 1 is 0.562 bits per heavy atom. The van der Waals surface area contributed by atoms with Crippen molar-refractivity contribution in [3.63, 3.8) is 0 Å². The van der Waals surface area contributed by atoms with Crippen LogP contribution in [0, 0.1) is 6.04 Å². The molecule has 0 bridgehead atoms. The summed E-state index contributed by atoms with van der Waals surface area (Å²) in [4.78, 5) is 0. The standard InChI is InChI=1S/C12H24N.2ClH.Ti/c13-12-10-8-6-4-2-1-3-5-7-9-11-12;;;/h1-11,13H2;2*1H;/q-1;;;+3/p-2. The summed E-state index contributed by atoms with van der Waals surface area (Å²) in [5.74, 6) is 0.